The van der Waals surface area contributed by atoms with Crippen LogP contribution in [0.2, 0.25) is 0 Å². The van der Waals surface area contributed by atoms with Gasteiger partial charge in [0.05, 0.1) is 12.1 Å². The Morgan fingerprint density at radius 3 is 2.60 bits per heavy atom. The highest BCUT2D eigenvalue weighted by molar-refractivity contribution is 7.07. The molecule has 114 valence electrons. The lowest BCUT2D eigenvalue weighted by molar-refractivity contribution is 0.0416. The first-order chi connectivity index (χ1) is 9.54. The first-order valence-electron chi connectivity index (χ1n) is 7.27. The Hall–Kier alpha value is -1.07. The number of rotatable bonds is 7. The fourth-order valence-corrected chi connectivity index (χ4v) is 2.56. The van der Waals surface area contributed by atoms with Gasteiger partial charge in [0.25, 0.3) is 0 Å². The third-order valence-corrected chi connectivity index (χ3v) is 4.27. The van der Waals surface area contributed by atoms with Gasteiger partial charge in [0.1, 0.15) is 0 Å². The standard InChI is InChI=1S/C15H27N3OS/c1-5-15(19,6-2)12-17-14(16-7-3)18(4)10-13-8-9-20-11-13/h8-9,11,19H,5-7,10,12H2,1-4H3,(H,16,17). The van der Waals surface area contributed by atoms with E-state index >= 15 is 0 Å². The van der Waals surface area contributed by atoms with Gasteiger partial charge in [-0.3, -0.25) is 4.99 Å². The second-order valence-corrected chi connectivity index (χ2v) is 5.87. The van der Waals surface area contributed by atoms with Gasteiger partial charge in [-0.05, 0) is 42.2 Å². The molecule has 0 spiro atoms. The van der Waals surface area contributed by atoms with Crippen LogP contribution in [0.3, 0.4) is 0 Å². The fraction of sp³-hybridized carbons (Fsp3) is 0.667. The maximum absolute atomic E-state index is 10.3. The molecule has 0 bridgehead atoms. The molecule has 0 aliphatic carbocycles. The van der Waals surface area contributed by atoms with Crippen LogP contribution < -0.4 is 5.32 Å². The number of thiophene rings is 1. The summed E-state index contributed by atoms with van der Waals surface area (Å²) in [5, 5.41) is 17.8. The van der Waals surface area contributed by atoms with Crippen molar-refractivity contribution in [3.05, 3.63) is 22.4 Å². The third kappa shape index (κ3) is 5.13. The summed E-state index contributed by atoms with van der Waals surface area (Å²) in [5.74, 6) is 0.846. The number of nitrogens with one attached hydrogen (secondary N) is 1. The Bertz CT molecular complexity index is 399. The average molecular weight is 297 g/mol. The van der Waals surface area contributed by atoms with Crippen molar-refractivity contribution in [3.63, 3.8) is 0 Å². The van der Waals surface area contributed by atoms with Crippen LogP contribution in [0, 0.1) is 0 Å². The summed E-state index contributed by atoms with van der Waals surface area (Å²) < 4.78 is 0. The van der Waals surface area contributed by atoms with E-state index in [2.05, 4.69) is 39.0 Å². The van der Waals surface area contributed by atoms with E-state index in [1.807, 2.05) is 20.9 Å². The normalized spacial score (nSPS) is 12.6. The van der Waals surface area contributed by atoms with Crippen molar-refractivity contribution in [1.29, 1.82) is 0 Å². The molecule has 0 fully saturated rings. The van der Waals surface area contributed by atoms with Gasteiger partial charge in [0.15, 0.2) is 5.96 Å². The van der Waals surface area contributed by atoms with Gasteiger partial charge in [-0.1, -0.05) is 13.8 Å². The van der Waals surface area contributed by atoms with E-state index in [1.165, 1.54) is 5.56 Å². The zero-order chi connectivity index (χ0) is 15.0. The monoisotopic (exact) mass is 297 g/mol. The van der Waals surface area contributed by atoms with Gasteiger partial charge in [0, 0.05) is 20.1 Å². The third-order valence-electron chi connectivity index (χ3n) is 3.54. The molecule has 0 aliphatic rings. The summed E-state index contributed by atoms with van der Waals surface area (Å²) in [6.07, 6.45) is 1.45. The van der Waals surface area contributed by atoms with Crippen molar-refractivity contribution in [2.24, 2.45) is 4.99 Å². The quantitative estimate of drug-likeness (QED) is 0.601. The van der Waals surface area contributed by atoms with Crippen LogP contribution >= 0.6 is 11.3 Å². The Kier molecular flexibility index (Phi) is 7.02. The molecule has 1 rings (SSSR count). The molecular weight excluding hydrogens is 270 g/mol. The zero-order valence-electron chi connectivity index (χ0n) is 13.0. The maximum atomic E-state index is 10.3. The largest absolute Gasteiger partial charge is 0.388 e. The summed E-state index contributed by atoms with van der Waals surface area (Å²) in [6.45, 7) is 8.15. The first-order valence-corrected chi connectivity index (χ1v) is 8.21. The van der Waals surface area contributed by atoms with Crippen LogP contribution in [-0.4, -0.2) is 41.7 Å². The zero-order valence-corrected chi connectivity index (χ0v) is 13.8. The molecule has 0 saturated heterocycles. The van der Waals surface area contributed by atoms with E-state index in [1.54, 1.807) is 11.3 Å². The molecule has 20 heavy (non-hydrogen) atoms. The summed E-state index contributed by atoms with van der Waals surface area (Å²) in [4.78, 5) is 6.69. The predicted molar refractivity (Wildman–Crippen MR) is 87.3 cm³/mol. The van der Waals surface area contributed by atoms with Crippen molar-refractivity contribution in [2.45, 2.75) is 45.8 Å². The average Bonchev–Trinajstić information content (AvgIpc) is 2.95. The Balaban J connectivity index is 2.71. The topological polar surface area (TPSA) is 47.9 Å². The Labute approximate surface area is 126 Å². The molecule has 0 saturated carbocycles. The highest BCUT2D eigenvalue weighted by atomic mass is 32.1. The predicted octanol–water partition coefficient (Wildman–Crippen LogP) is 2.70. The number of nitrogens with zero attached hydrogens (tertiary/aromatic N) is 2. The molecule has 1 aromatic rings. The van der Waals surface area contributed by atoms with Crippen molar-refractivity contribution >= 4 is 17.3 Å². The molecule has 0 amide bonds. The van der Waals surface area contributed by atoms with Crippen LogP contribution in [-0.2, 0) is 6.54 Å². The van der Waals surface area contributed by atoms with Crippen LogP contribution in [0.15, 0.2) is 21.8 Å². The lowest BCUT2D eigenvalue weighted by Gasteiger charge is -2.26. The number of hydrogen-bond acceptors (Lipinski definition) is 3. The smallest absolute Gasteiger partial charge is 0.194 e. The summed E-state index contributed by atoms with van der Waals surface area (Å²) in [5.41, 5.74) is 0.591. The van der Waals surface area contributed by atoms with Gasteiger partial charge in [-0.2, -0.15) is 11.3 Å². The maximum Gasteiger partial charge on any atom is 0.194 e. The minimum atomic E-state index is -0.691. The molecule has 2 N–H and O–H groups in total. The lowest BCUT2D eigenvalue weighted by Crippen LogP contribution is -2.40. The second kappa shape index (κ2) is 8.27. The van der Waals surface area contributed by atoms with Crippen LogP contribution in [0.1, 0.15) is 39.2 Å². The molecular formula is C15H27N3OS. The van der Waals surface area contributed by atoms with Crippen molar-refractivity contribution in [2.75, 3.05) is 20.1 Å². The highest BCUT2D eigenvalue weighted by Crippen LogP contribution is 2.15. The summed E-state index contributed by atoms with van der Waals surface area (Å²) in [7, 11) is 2.02. The van der Waals surface area contributed by atoms with E-state index < -0.39 is 5.60 Å². The van der Waals surface area contributed by atoms with Gasteiger partial charge in [-0.15, -0.1) is 0 Å². The SMILES string of the molecule is CCNC(=NCC(O)(CC)CC)N(C)Cc1ccsc1. The summed E-state index contributed by atoms with van der Waals surface area (Å²) in [6, 6.07) is 2.12. The van der Waals surface area contributed by atoms with E-state index in [0.29, 0.717) is 6.54 Å². The van der Waals surface area contributed by atoms with E-state index in [9.17, 15) is 5.11 Å². The highest BCUT2D eigenvalue weighted by Gasteiger charge is 2.22. The second-order valence-electron chi connectivity index (χ2n) is 5.09. The van der Waals surface area contributed by atoms with Crippen molar-refractivity contribution < 1.29 is 5.11 Å². The lowest BCUT2D eigenvalue weighted by atomic mass is 9.98. The van der Waals surface area contributed by atoms with E-state index in [0.717, 1.165) is 31.9 Å². The number of hydrogen-bond donors (Lipinski definition) is 2. The summed E-state index contributed by atoms with van der Waals surface area (Å²) >= 11 is 1.70. The Morgan fingerprint density at radius 2 is 2.10 bits per heavy atom. The molecule has 4 nitrogen and oxygen atoms in total. The van der Waals surface area contributed by atoms with Crippen LogP contribution in [0.25, 0.3) is 0 Å². The van der Waals surface area contributed by atoms with Crippen LogP contribution in [0.4, 0.5) is 0 Å². The van der Waals surface area contributed by atoms with Gasteiger partial charge < -0.3 is 15.3 Å². The van der Waals surface area contributed by atoms with Gasteiger partial charge >= 0.3 is 0 Å². The van der Waals surface area contributed by atoms with Gasteiger partial charge in [-0.25, -0.2) is 0 Å². The van der Waals surface area contributed by atoms with Crippen LogP contribution in [0.5, 0.6) is 0 Å². The molecule has 1 aromatic heterocycles. The molecule has 0 unspecified atom stereocenters. The number of guanidine groups is 1. The van der Waals surface area contributed by atoms with Crippen molar-refractivity contribution in [1.82, 2.24) is 10.2 Å². The fourth-order valence-electron chi connectivity index (χ4n) is 1.90. The minimum absolute atomic E-state index is 0.441. The first kappa shape index (κ1) is 17.0. The molecule has 0 radical (unpaired) electrons. The van der Waals surface area contributed by atoms with Gasteiger partial charge in [0.2, 0.25) is 0 Å². The van der Waals surface area contributed by atoms with Crippen molar-refractivity contribution in [3.8, 4) is 0 Å². The molecule has 0 aliphatic heterocycles. The molecule has 5 heteroatoms. The number of aliphatic imine (C=N–C) groups is 1. The molecule has 1 heterocycles. The molecule has 0 atom stereocenters. The van der Waals surface area contributed by atoms with E-state index in [-0.39, 0.29) is 0 Å². The number of aliphatic hydroxyl groups is 1. The van der Waals surface area contributed by atoms with E-state index in [4.69, 9.17) is 0 Å². The minimum Gasteiger partial charge on any atom is -0.388 e. The molecule has 0 aromatic carbocycles. The Morgan fingerprint density at radius 1 is 1.40 bits per heavy atom.